The van der Waals surface area contributed by atoms with E-state index >= 15 is 4.39 Å². The zero-order valence-corrected chi connectivity index (χ0v) is 21.4. The van der Waals surface area contributed by atoms with Gasteiger partial charge in [0.25, 0.3) is 0 Å². The molecule has 0 bridgehead atoms. The van der Waals surface area contributed by atoms with Crippen LogP contribution in [0.25, 0.3) is 11.1 Å². The van der Waals surface area contributed by atoms with Crippen LogP contribution in [0.3, 0.4) is 0 Å². The molecular weight excluding hydrogens is 460 g/mol. The highest BCUT2D eigenvalue weighted by Gasteiger charge is 2.27. The molecule has 192 valence electrons. The lowest BCUT2D eigenvalue weighted by atomic mass is 9.76. The van der Waals surface area contributed by atoms with Crippen LogP contribution in [0.2, 0.25) is 0 Å². The molecule has 1 aliphatic carbocycles. The molecule has 36 heavy (non-hydrogen) atoms. The predicted octanol–water partition coefficient (Wildman–Crippen LogP) is 9.72. The summed E-state index contributed by atoms with van der Waals surface area (Å²) in [5.74, 6) is -2.56. The van der Waals surface area contributed by atoms with Crippen molar-refractivity contribution >= 4 is 0 Å². The van der Waals surface area contributed by atoms with E-state index < -0.39 is 23.3 Å². The molecule has 1 fully saturated rings. The second-order valence-electron chi connectivity index (χ2n) is 10.3. The average molecular weight is 497 g/mol. The first kappa shape index (κ1) is 26.4. The molecule has 0 nitrogen and oxygen atoms in total. The number of halogens is 4. The maximum atomic E-state index is 15.1. The molecule has 0 unspecified atom stereocenters. The molecule has 3 aromatic carbocycles. The Labute approximate surface area is 212 Å². The van der Waals surface area contributed by atoms with Crippen molar-refractivity contribution in [2.24, 2.45) is 5.92 Å². The van der Waals surface area contributed by atoms with Crippen molar-refractivity contribution in [3.8, 4) is 11.1 Å². The summed E-state index contributed by atoms with van der Waals surface area (Å²) in [5, 5.41) is 0. The van der Waals surface area contributed by atoms with Crippen LogP contribution in [0.4, 0.5) is 17.6 Å². The first-order valence-electron chi connectivity index (χ1n) is 13.5. The van der Waals surface area contributed by atoms with E-state index in [-0.39, 0.29) is 5.92 Å². The lowest BCUT2D eigenvalue weighted by Crippen LogP contribution is -2.16. The van der Waals surface area contributed by atoms with Crippen molar-refractivity contribution in [1.82, 2.24) is 0 Å². The molecule has 0 heterocycles. The fourth-order valence-corrected chi connectivity index (χ4v) is 5.53. The highest BCUT2D eigenvalue weighted by Crippen LogP contribution is 2.40. The lowest BCUT2D eigenvalue weighted by molar-refractivity contribution is 0.303. The summed E-state index contributed by atoms with van der Waals surface area (Å²) in [6.07, 6.45) is 7.84. The van der Waals surface area contributed by atoms with Gasteiger partial charge in [-0.1, -0.05) is 68.8 Å². The maximum Gasteiger partial charge on any atom is 0.166 e. The molecule has 4 heteroatoms. The Balaban J connectivity index is 1.35. The van der Waals surface area contributed by atoms with Gasteiger partial charge in [-0.25, -0.2) is 17.6 Å². The lowest BCUT2D eigenvalue weighted by Gasteiger charge is -2.29. The number of benzene rings is 3. The van der Waals surface area contributed by atoms with Gasteiger partial charge in [0.2, 0.25) is 0 Å². The third kappa shape index (κ3) is 5.85. The smallest absolute Gasteiger partial charge is 0.166 e. The Morgan fingerprint density at radius 1 is 0.667 bits per heavy atom. The molecule has 1 saturated carbocycles. The van der Waals surface area contributed by atoms with Crippen molar-refractivity contribution in [1.29, 1.82) is 0 Å². The van der Waals surface area contributed by atoms with E-state index in [0.717, 1.165) is 56.9 Å². The van der Waals surface area contributed by atoms with Crippen molar-refractivity contribution < 1.29 is 17.6 Å². The summed E-state index contributed by atoms with van der Waals surface area (Å²) in [6, 6.07) is 14.5. The summed E-state index contributed by atoms with van der Waals surface area (Å²) in [6.45, 7) is 4.09. The highest BCUT2D eigenvalue weighted by molar-refractivity contribution is 5.65. The first-order chi connectivity index (χ1) is 17.4. The van der Waals surface area contributed by atoms with E-state index in [4.69, 9.17) is 0 Å². The van der Waals surface area contributed by atoms with Gasteiger partial charge in [-0.15, -0.1) is 0 Å². The predicted molar refractivity (Wildman–Crippen MR) is 139 cm³/mol. The third-order valence-electron chi connectivity index (χ3n) is 7.94. The average Bonchev–Trinajstić information content (AvgIpc) is 2.91. The van der Waals surface area contributed by atoms with E-state index in [0.29, 0.717) is 46.6 Å². The summed E-state index contributed by atoms with van der Waals surface area (Å²) in [7, 11) is 0. The first-order valence-corrected chi connectivity index (χ1v) is 13.5. The summed E-state index contributed by atoms with van der Waals surface area (Å²) < 4.78 is 59.0. The van der Waals surface area contributed by atoms with Crippen molar-refractivity contribution in [2.75, 3.05) is 0 Å². The Kier molecular flexibility index (Phi) is 8.87. The molecule has 0 amide bonds. The van der Waals surface area contributed by atoms with E-state index in [2.05, 4.69) is 6.92 Å². The number of hydrogen-bond acceptors (Lipinski definition) is 0. The normalized spacial score (nSPS) is 17.9. The van der Waals surface area contributed by atoms with E-state index in [1.54, 1.807) is 24.3 Å². The molecule has 0 aromatic heterocycles. The van der Waals surface area contributed by atoms with Crippen LogP contribution in [0.5, 0.6) is 0 Å². The van der Waals surface area contributed by atoms with Crippen LogP contribution in [-0.4, -0.2) is 0 Å². The molecule has 0 N–H and O–H groups in total. The number of hydrogen-bond donors (Lipinski definition) is 0. The van der Waals surface area contributed by atoms with E-state index in [9.17, 15) is 13.2 Å². The molecule has 0 spiro atoms. The SMILES string of the molecule is CCCCc1ccc(CCC2CCC(c3ccc(-c4ccc(CC)cc4)c(F)c3F)CC2)c(F)c1F. The van der Waals surface area contributed by atoms with Crippen LogP contribution in [0.15, 0.2) is 48.5 Å². The van der Waals surface area contributed by atoms with E-state index in [1.165, 1.54) is 0 Å². The molecule has 0 atom stereocenters. The van der Waals surface area contributed by atoms with Gasteiger partial charge in [0, 0.05) is 5.56 Å². The molecule has 0 radical (unpaired) electrons. The Bertz CT molecular complexity index is 1160. The molecular formula is C32H36F4. The molecule has 3 aromatic rings. The minimum atomic E-state index is -0.779. The quantitative estimate of drug-likeness (QED) is 0.259. The summed E-state index contributed by atoms with van der Waals surface area (Å²) in [5.41, 5.74) is 3.48. The summed E-state index contributed by atoms with van der Waals surface area (Å²) >= 11 is 0. The Hall–Kier alpha value is -2.62. The minimum Gasteiger partial charge on any atom is -0.203 e. The standard InChI is InChI=1S/C32H36F4/c1-3-5-6-25-17-18-26(30(34)29(25)33)16-11-22-9-14-24(15-10-22)28-20-19-27(31(35)32(28)36)23-12-7-21(4-2)8-13-23/h7-8,12-13,17-20,22,24H,3-6,9-11,14-16H2,1-2H3. The number of rotatable bonds is 9. The van der Waals surface area contributed by atoms with Gasteiger partial charge in [0.05, 0.1) is 0 Å². The topological polar surface area (TPSA) is 0 Å². The van der Waals surface area contributed by atoms with Gasteiger partial charge in [-0.05, 0) is 97.4 Å². The third-order valence-corrected chi connectivity index (χ3v) is 7.94. The van der Waals surface area contributed by atoms with Gasteiger partial charge in [-0.2, -0.15) is 0 Å². The fraction of sp³-hybridized carbons (Fsp3) is 0.438. The number of unbranched alkanes of at least 4 members (excludes halogenated alkanes) is 1. The second kappa shape index (κ2) is 12.1. The molecule has 0 saturated heterocycles. The van der Waals surface area contributed by atoms with Gasteiger partial charge >= 0.3 is 0 Å². The van der Waals surface area contributed by atoms with Crippen LogP contribution < -0.4 is 0 Å². The van der Waals surface area contributed by atoms with Gasteiger partial charge in [0.15, 0.2) is 23.3 Å². The van der Waals surface area contributed by atoms with Crippen LogP contribution in [-0.2, 0) is 19.3 Å². The second-order valence-corrected chi connectivity index (χ2v) is 10.3. The zero-order chi connectivity index (χ0) is 25.7. The summed E-state index contributed by atoms with van der Waals surface area (Å²) in [4.78, 5) is 0. The van der Waals surface area contributed by atoms with Gasteiger partial charge < -0.3 is 0 Å². The zero-order valence-electron chi connectivity index (χ0n) is 21.4. The Morgan fingerprint density at radius 2 is 1.31 bits per heavy atom. The largest absolute Gasteiger partial charge is 0.203 e. The molecule has 4 rings (SSSR count). The molecule has 0 aliphatic heterocycles. The van der Waals surface area contributed by atoms with Gasteiger partial charge in [-0.3, -0.25) is 0 Å². The van der Waals surface area contributed by atoms with Crippen molar-refractivity contribution in [3.63, 3.8) is 0 Å². The van der Waals surface area contributed by atoms with Crippen molar-refractivity contribution in [2.45, 2.75) is 84.0 Å². The van der Waals surface area contributed by atoms with Crippen LogP contribution in [0.1, 0.15) is 87.0 Å². The molecule has 1 aliphatic rings. The maximum absolute atomic E-state index is 15.1. The fourth-order valence-electron chi connectivity index (χ4n) is 5.53. The highest BCUT2D eigenvalue weighted by atomic mass is 19.2. The number of aryl methyl sites for hydroxylation is 3. The van der Waals surface area contributed by atoms with Crippen molar-refractivity contribution in [3.05, 3.63) is 94.1 Å². The van der Waals surface area contributed by atoms with Gasteiger partial charge in [0.1, 0.15) is 0 Å². The van der Waals surface area contributed by atoms with Crippen LogP contribution in [0, 0.1) is 29.2 Å². The Morgan fingerprint density at radius 3 is 1.92 bits per heavy atom. The van der Waals surface area contributed by atoms with E-state index in [1.807, 2.05) is 31.2 Å². The van der Waals surface area contributed by atoms with Crippen LogP contribution >= 0.6 is 0 Å². The minimum absolute atomic E-state index is 0.0145. The monoisotopic (exact) mass is 496 g/mol.